The van der Waals surface area contributed by atoms with Gasteiger partial charge in [-0.15, -0.1) is 0 Å². The molecule has 5 rings (SSSR count). The fraction of sp³-hybridized carbons (Fsp3) is 0.310. The Morgan fingerprint density at radius 2 is 1.70 bits per heavy atom. The van der Waals surface area contributed by atoms with Crippen LogP contribution in [-0.2, 0) is 17.9 Å². The summed E-state index contributed by atoms with van der Waals surface area (Å²) in [5, 5.41) is 3.43. The molecule has 0 bridgehead atoms. The van der Waals surface area contributed by atoms with Crippen LogP contribution in [0.4, 0.5) is 5.82 Å². The third-order valence-corrected chi connectivity index (χ3v) is 7.14. The number of nitrogens with one attached hydrogen (secondary N) is 1. The Morgan fingerprint density at radius 1 is 1.00 bits per heavy atom. The van der Waals surface area contributed by atoms with Crippen molar-refractivity contribution >= 4 is 23.3 Å². The molecule has 3 heterocycles. The molecule has 40 heavy (non-hydrogen) atoms. The summed E-state index contributed by atoms with van der Waals surface area (Å²) in [7, 11) is 3.29. The number of piperazine rings is 1. The number of aromatic nitrogens is 4. The molecule has 0 saturated carbocycles. The number of rotatable bonds is 10. The third-order valence-electron chi connectivity index (χ3n) is 6.95. The van der Waals surface area contributed by atoms with Crippen LogP contribution in [0, 0.1) is 0 Å². The summed E-state index contributed by atoms with van der Waals surface area (Å²) in [6, 6.07) is 17.5. The zero-order chi connectivity index (χ0) is 27.9. The Balaban J connectivity index is 1.31. The van der Waals surface area contributed by atoms with E-state index in [0.717, 1.165) is 48.1 Å². The van der Waals surface area contributed by atoms with Gasteiger partial charge >= 0.3 is 0 Å². The van der Waals surface area contributed by atoms with Gasteiger partial charge in [-0.25, -0.2) is 9.97 Å². The molecule has 4 aromatic rings. The Hall–Kier alpha value is -4.15. The predicted molar refractivity (Wildman–Crippen MR) is 153 cm³/mol. The first kappa shape index (κ1) is 27.4. The number of ether oxygens (including phenoxy) is 2. The average Bonchev–Trinajstić information content (AvgIpc) is 3.53. The van der Waals surface area contributed by atoms with E-state index in [-0.39, 0.29) is 11.9 Å². The molecule has 208 valence electrons. The van der Waals surface area contributed by atoms with Gasteiger partial charge in [0.25, 0.3) is 0 Å². The molecule has 1 atom stereocenters. The van der Waals surface area contributed by atoms with Crippen LogP contribution in [-0.4, -0.2) is 70.2 Å². The maximum atomic E-state index is 13.1. The normalized spacial score (nSPS) is 15.6. The van der Waals surface area contributed by atoms with Crippen molar-refractivity contribution < 1.29 is 14.3 Å². The van der Waals surface area contributed by atoms with E-state index in [0.29, 0.717) is 30.6 Å². The summed E-state index contributed by atoms with van der Waals surface area (Å²) < 4.78 is 12.3. The van der Waals surface area contributed by atoms with Gasteiger partial charge in [-0.2, -0.15) is 4.98 Å². The number of hydrogen-bond donors (Lipinski definition) is 1. The Kier molecular flexibility index (Phi) is 8.78. The molecular weight excluding hydrogens is 530 g/mol. The van der Waals surface area contributed by atoms with Gasteiger partial charge in [0.1, 0.15) is 28.8 Å². The standard InChI is InChI=1S/C29H32ClN7O3/c1-39-24-7-3-21(4-8-24)17-32-28(38)15-23-19-36(14-13-35(23)18-22-5-9-25(40-2)10-6-22)27-16-26(30)33-29(34-27)37-12-11-31-20-37/h3-12,16,20,23H,13-15,17-19H2,1-2H3,(H,32,38). The van der Waals surface area contributed by atoms with Crippen LogP contribution in [0.3, 0.4) is 0 Å². The van der Waals surface area contributed by atoms with Crippen LogP contribution in [0.1, 0.15) is 17.5 Å². The Bertz CT molecular complexity index is 1400. The smallest absolute Gasteiger partial charge is 0.238 e. The molecule has 0 aliphatic carbocycles. The molecule has 1 fully saturated rings. The maximum Gasteiger partial charge on any atom is 0.238 e. The number of nitrogens with zero attached hydrogens (tertiary/aromatic N) is 6. The highest BCUT2D eigenvalue weighted by Gasteiger charge is 2.30. The fourth-order valence-corrected chi connectivity index (χ4v) is 4.92. The number of methoxy groups -OCH3 is 2. The van der Waals surface area contributed by atoms with Crippen molar-refractivity contribution in [1.29, 1.82) is 0 Å². The summed E-state index contributed by atoms with van der Waals surface area (Å²) >= 11 is 6.38. The molecule has 1 amide bonds. The van der Waals surface area contributed by atoms with Crippen LogP contribution >= 0.6 is 11.6 Å². The van der Waals surface area contributed by atoms with E-state index in [4.69, 9.17) is 26.1 Å². The molecule has 0 radical (unpaired) electrons. The second kappa shape index (κ2) is 12.8. The number of carbonyl (C=O) groups is 1. The van der Waals surface area contributed by atoms with E-state index in [2.05, 4.69) is 37.2 Å². The highest BCUT2D eigenvalue weighted by Crippen LogP contribution is 2.24. The van der Waals surface area contributed by atoms with Crippen molar-refractivity contribution in [2.24, 2.45) is 0 Å². The number of anilines is 1. The lowest BCUT2D eigenvalue weighted by molar-refractivity contribution is -0.122. The first-order chi connectivity index (χ1) is 19.5. The van der Waals surface area contributed by atoms with Crippen molar-refractivity contribution in [3.63, 3.8) is 0 Å². The molecular formula is C29H32ClN7O3. The third kappa shape index (κ3) is 6.88. The first-order valence-corrected chi connectivity index (χ1v) is 13.4. The summed E-state index contributed by atoms with van der Waals surface area (Å²) in [6.45, 7) is 3.27. The SMILES string of the molecule is COc1ccc(CNC(=O)CC2CN(c3cc(Cl)nc(-n4ccnc4)n3)CCN2Cc2ccc(OC)cc2)cc1. The number of amides is 1. The number of hydrogen-bond acceptors (Lipinski definition) is 8. The summed E-state index contributed by atoms with van der Waals surface area (Å²) in [6.07, 6.45) is 5.43. The van der Waals surface area contributed by atoms with Crippen molar-refractivity contribution in [2.45, 2.75) is 25.6 Å². The summed E-state index contributed by atoms with van der Waals surface area (Å²) in [5.41, 5.74) is 2.17. The lowest BCUT2D eigenvalue weighted by Gasteiger charge is -2.42. The van der Waals surface area contributed by atoms with Crippen LogP contribution < -0.4 is 19.7 Å². The molecule has 10 nitrogen and oxygen atoms in total. The molecule has 11 heteroatoms. The summed E-state index contributed by atoms with van der Waals surface area (Å²) in [5.74, 6) is 2.76. The number of benzene rings is 2. The van der Waals surface area contributed by atoms with E-state index in [1.807, 2.05) is 36.4 Å². The van der Waals surface area contributed by atoms with Crippen LogP contribution in [0.5, 0.6) is 11.5 Å². The van der Waals surface area contributed by atoms with Gasteiger partial charge in [-0.3, -0.25) is 14.3 Å². The lowest BCUT2D eigenvalue weighted by Crippen LogP contribution is -2.54. The van der Waals surface area contributed by atoms with Gasteiger partial charge in [0, 0.05) is 63.6 Å². The largest absolute Gasteiger partial charge is 0.497 e. The minimum Gasteiger partial charge on any atom is -0.497 e. The lowest BCUT2D eigenvalue weighted by atomic mass is 10.1. The van der Waals surface area contributed by atoms with E-state index >= 15 is 0 Å². The van der Waals surface area contributed by atoms with Gasteiger partial charge in [-0.1, -0.05) is 35.9 Å². The Labute approximate surface area is 238 Å². The molecule has 1 aliphatic heterocycles. The van der Waals surface area contributed by atoms with Crippen molar-refractivity contribution in [2.75, 3.05) is 38.8 Å². The summed E-state index contributed by atoms with van der Waals surface area (Å²) in [4.78, 5) is 30.8. The van der Waals surface area contributed by atoms with Gasteiger partial charge in [0.15, 0.2) is 0 Å². The van der Waals surface area contributed by atoms with E-state index in [1.54, 1.807) is 43.6 Å². The number of imidazole rings is 1. The minimum absolute atomic E-state index is 0.0118. The van der Waals surface area contributed by atoms with Crippen LogP contribution in [0.15, 0.2) is 73.3 Å². The molecule has 1 unspecified atom stereocenters. The Morgan fingerprint density at radius 3 is 2.35 bits per heavy atom. The van der Waals surface area contributed by atoms with E-state index in [1.165, 1.54) is 0 Å². The maximum absolute atomic E-state index is 13.1. The van der Waals surface area contributed by atoms with Gasteiger partial charge in [0.2, 0.25) is 11.9 Å². The number of halogens is 1. The second-order valence-electron chi connectivity index (χ2n) is 9.57. The minimum atomic E-state index is -0.0443. The topological polar surface area (TPSA) is 97.6 Å². The van der Waals surface area contributed by atoms with Gasteiger partial charge in [-0.05, 0) is 35.4 Å². The van der Waals surface area contributed by atoms with Crippen molar-refractivity contribution in [3.05, 3.63) is 89.6 Å². The predicted octanol–water partition coefficient (Wildman–Crippen LogP) is 3.73. The fourth-order valence-electron chi connectivity index (χ4n) is 4.75. The van der Waals surface area contributed by atoms with E-state index in [9.17, 15) is 4.79 Å². The average molecular weight is 562 g/mol. The first-order valence-electron chi connectivity index (χ1n) is 13.0. The van der Waals surface area contributed by atoms with Crippen LogP contribution in [0.25, 0.3) is 5.95 Å². The monoisotopic (exact) mass is 561 g/mol. The van der Waals surface area contributed by atoms with Gasteiger partial charge < -0.3 is 19.7 Å². The zero-order valence-corrected chi connectivity index (χ0v) is 23.3. The van der Waals surface area contributed by atoms with Gasteiger partial charge in [0.05, 0.1) is 14.2 Å². The highest BCUT2D eigenvalue weighted by molar-refractivity contribution is 6.29. The molecule has 2 aromatic heterocycles. The molecule has 2 aromatic carbocycles. The van der Waals surface area contributed by atoms with Crippen molar-refractivity contribution in [3.8, 4) is 17.4 Å². The molecule has 1 N–H and O–H groups in total. The van der Waals surface area contributed by atoms with Crippen molar-refractivity contribution in [1.82, 2.24) is 29.7 Å². The van der Waals surface area contributed by atoms with Crippen LogP contribution in [0.2, 0.25) is 5.15 Å². The zero-order valence-electron chi connectivity index (χ0n) is 22.5. The second-order valence-corrected chi connectivity index (χ2v) is 9.95. The molecule has 0 spiro atoms. The number of carbonyl (C=O) groups excluding carboxylic acids is 1. The molecule has 1 aliphatic rings. The van der Waals surface area contributed by atoms with E-state index < -0.39 is 0 Å². The quantitative estimate of drug-likeness (QED) is 0.293. The molecule has 1 saturated heterocycles. The highest BCUT2D eigenvalue weighted by atomic mass is 35.5.